The van der Waals surface area contributed by atoms with Crippen LogP contribution >= 0.6 is 11.6 Å². The molecule has 2 aromatic rings. The van der Waals surface area contributed by atoms with Crippen molar-refractivity contribution < 1.29 is 13.9 Å². The van der Waals surface area contributed by atoms with Crippen LogP contribution in [0.25, 0.3) is 11.3 Å². The summed E-state index contributed by atoms with van der Waals surface area (Å²) in [6.07, 6.45) is 0. The molecule has 1 aromatic heterocycles. The van der Waals surface area contributed by atoms with Crippen LogP contribution in [0, 0.1) is 6.92 Å². The van der Waals surface area contributed by atoms with Gasteiger partial charge in [-0.15, -0.1) is 0 Å². The SMILES string of the molecule is COCC(N)C(=O)NCc1nc(C)c(-c2ccc(Cl)cc2)o1. The largest absolute Gasteiger partial charge is 0.438 e. The molecular weight excluding hydrogens is 306 g/mol. The minimum atomic E-state index is -0.711. The van der Waals surface area contributed by atoms with Crippen LogP contribution < -0.4 is 11.1 Å². The van der Waals surface area contributed by atoms with Gasteiger partial charge in [-0.25, -0.2) is 4.98 Å². The molecule has 0 saturated carbocycles. The number of rotatable bonds is 6. The number of nitrogens with one attached hydrogen (secondary N) is 1. The highest BCUT2D eigenvalue weighted by molar-refractivity contribution is 6.30. The number of hydrogen-bond donors (Lipinski definition) is 2. The summed E-state index contributed by atoms with van der Waals surface area (Å²) in [5.74, 6) is 0.758. The number of hydrogen-bond acceptors (Lipinski definition) is 5. The van der Waals surface area contributed by atoms with E-state index in [0.717, 1.165) is 11.3 Å². The van der Waals surface area contributed by atoms with Crippen LogP contribution in [0.4, 0.5) is 0 Å². The van der Waals surface area contributed by atoms with E-state index >= 15 is 0 Å². The molecule has 1 atom stereocenters. The maximum Gasteiger partial charge on any atom is 0.239 e. The van der Waals surface area contributed by atoms with Crippen molar-refractivity contribution in [2.75, 3.05) is 13.7 Å². The highest BCUT2D eigenvalue weighted by Crippen LogP contribution is 2.25. The van der Waals surface area contributed by atoms with Crippen LogP contribution in [0.1, 0.15) is 11.6 Å². The molecule has 7 heteroatoms. The lowest BCUT2D eigenvalue weighted by atomic mass is 10.1. The second-order valence-electron chi connectivity index (χ2n) is 4.81. The van der Waals surface area contributed by atoms with Gasteiger partial charge in [-0.05, 0) is 31.2 Å². The van der Waals surface area contributed by atoms with E-state index in [0.29, 0.717) is 16.7 Å². The normalized spacial score (nSPS) is 12.2. The summed E-state index contributed by atoms with van der Waals surface area (Å²) in [6.45, 7) is 2.17. The van der Waals surface area contributed by atoms with Gasteiger partial charge in [0.2, 0.25) is 11.8 Å². The van der Waals surface area contributed by atoms with Crippen LogP contribution in [0.3, 0.4) is 0 Å². The summed E-state index contributed by atoms with van der Waals surface area (Å²) in [5, 5.41) is 3.32. The molecule has 0 bridgehead atoms. The zero-order chi connectivity index (χ0) is 16.1. The Labute approximate surface area is 133 Å². The quantitative estimate of drug-likeness (QED) is 0.847. The van der Waals surface area contributed by atoms with E-state index in [-0.39, 0.29) is 19.1 Å². The molecule has 2 rings (SSSR count). The Hall–Kier alpha value is -1.89. The number of benzene rings is 1. The Morgan fingerprint density at radius 3 is 2.77 bits per heavy atom. The number of amides is 1. The summed E-state index contributed by atoms with van der Waals surface area (Å²) in [5.41, 5.74) is 7.25. The summed E-state index contributed by atoms with van der Waals surface area (Å²) in [4.78, 5) is 16.0. The highest BCUT2D eigenvalue weighted by atomic mass is 35.5. The summed E-state index contributed by atoms with van der Waals surface area (Å²) in [7, 11) is 1.49. The molecule has 22 heavy (non-hydrogen) atoms. The number of nitrogens with two attached hydrogens (primary N) is 1. The second kappa shape index (κ2) is 7.40. The Balaban J connectivity index is 2.04. The number of carbonyl (C=O) groups excluding carboxylic acids is 1. The Morgan fingerprint density at radius 1 is 1.45 bits per heavy atom. The van der Waals surface area contributed by atoms with Crippen molar-refractivity contribution in [3.8, 4) is 11.3 Å². The molecule has 0 radical (unpaired) electrons. The van der Waals surface area contributed by atoms with Crippen molar-refractivity contribution in [3.05, 3.63) is 40.9 Å². The Morgan fingerprint density at radius 2 is 2.14 bits per heavy atom. The molecule has 1 unspecified atom stereocenters. The molecule has 1 aromatic carbocycles. The number of carbonyl (C=O) groups is 1. The highest BCUT2D eigenvalue weighted by Gasteiger charge is 2.15. The smallest absolute Gasteiger partial charge is 0.239 e. The first kappa shape index (κ1) is 16.5. The van der Waals surface area contributed by atoms with Crippen molar-refractivity contribution in [2.24, 2.45) is 5.73 Å². The van der Waals surface area contributed by atoms with Gasteiger partial charge in [0.1, 0.15) is 6.04 Å². The van der Waals surface area contributed by atoms with Crippen molar-refractivity contribution in [1.29, 1.82) is 0 Å². The van der Waals surface area contributed by atoms with E-state index in [1.165, 1.54) is 7.11 Å². The predicted octanol–water partition coefficient (Wildman–Crippen LogP) is 1.89. The number of oxazole rings is 1. The molecule has 0 saturated heterocycles. The third kappa shape index (κ3) is 4.07. The van der Waals surface area contributed by atoms with Gasteiger partial charge < -0.3 is 20.2 Å². The van der Waals surface area contributed by atoms with E-state index in [2.05, 4.69) is 10.3 Å². The van der Waals surface area contributed by atoms with Crippen LogP contribution in [0.15, 0.2) is 28.7 Å². The lowest BCUT2D eigenvalue weighted by Gasteiger charge is -2.09. The van der Waals surface area contributed by atoms with Gasteiger partial charge >= 0.3 is 0 Å². The second-order valence-corrected chi connectivity index (χ2v) is 5.25. The van der Waals surface area contributed by atoms with Crippen LogP contribution in [-0.4, -0.2) is 30.6 Å². The molecule has 6 nitrogen and oxygen atoms in total. The molecule has 1 heterocycles. The monoisotopic (exact) mass is 323 g/mol. The van der Waals surface area contributed by atoms with Gasteiger partial charge in [-0.3, -0.25) is 4.79 Å². The molecule has 3 N–H and O–H groups in total. The number of ether oxygens (including phenoxy) is 1. The Kier molecular flexibility index (Phi) is 5.54. The number of methoxy groups -OCH3 is 1. The lowest BCUT2D eigenvalue weighted by molar-refractivity contribution is -0.123. The maximum atomic E-state index is 11.7. The van der Waals surface area contributed by atoms with E-state index < -0.39 is 6.04 Å². The number of nitrogens with zero attached hydrogens (tertiary/aromatic N) is 1. The fourth-order valence-corrected chi connectivity index (χ4v) is 2.07. The molecule has 0 aliphatic carbocycles. The van der Waals surface area contributed by atoms with Crippen LogP contribution in [0.2, 0.25) is 5.02 Å². The molecule has 0 aliphatic rings. The van der Waals surface area contributed by atoms with Crippen molar-refractivity contribution in [2.45, 2.75) is 19.5 Å². The van der Waals surface area contributed by atoms with Crippen LogP contribution in [-0.2, 0) is 16.1 Å². The average molecular weight is 324 g/mol. The van der Waals surface area contributed by atoms with Gasteiger partial charge in [-0.1, -0.05) is 11.6 Å². The first-order valence-electron chi connectivity index (χ1n) is 6.75. The molecule has 118 valence electrons. The van der Waals surface area contributed by atoms with Gasteiger partial charge in [0.25, 0.3) is 0 Å². The van der Waals surface area contributed by atoms with Crippen molar-refractivity contribution in [3.63, 3.8) is 0 Å². The zero-order valence-electron chi connectivity index (χ0n) is 12.4. The standard InChI is InChI=1S/C15H18ClN3O3/c1-9-14(10-3-5-11(16)6-4-10)22-13(19-9)7-18-15(20)12(17)8-21-2/h3-6,12H,7-8,17H2,1-2H3,(H,18,20). The topological polar surface area (TPSA) is 90.4 Å². The van der Waals surface area contributed by atoms with Crippen molar-refractivity contribution in [1.82, 2.24) is 10.3 Å². The van der Waals surface area contributed by atoms with E-state index in [9.17, 15) is 4.79 Å². The maximum absolute atomic E-state index is 11.7. The Bertz CT molecular complexity index is 640. The minimum absolute atomic E-state index is 0.159. The minimum Gasteiger partial charge on any atom is -0.438 e. The number of aryl methyl sites for hydroxylation is 1. The van der Waals surface area contributed by atoms with Gasteiger partial charge in [-0.2, -0.15) is 0 Å². The van der Waals surface area contributed by atoms with E-state index in [4.69, 9.17) is 26.5 Å². The van der Waals surface area contributed by atoms with Gasteiger partial charge in [0, 0.05) is 17.7 Å². The fourth-order valence-electron chi connectivity index (χ4n) is 1.95. The number of aromatic nitrogens is 1. The van der Waals surface area contributed by atoms with E-state index in [1.54, 1.807) is 12.1 Å². The molecule has 1 amide bonds. The fraction of sp³-hybridized carbons (Fsp3) is 0.333. The molecular formula is C15H18ClN3O3. The zero-order valence-corrected chi connectivity index (χ0v) is 13.2. The van der Waals surface area contributed by atoms with Crippen LogP contribution in [0.5, 0.6) is 0 Å². The van der Waals surface area contributed by atoms with Gasteiger partial charge in [0.15, 0.2) is 5.76 Å². The lowest BCUT2D eigenvalue weighted by Crippen LogP contribution is -2.43. The third-order valence-electron chi connectivity index (χ3n) is 3.04. The number of halogens is 1. The third-order valence-corrected chi connectivity index (χ3v) is 3.30. The first-order valence-corrected chi connectivity index (χ1v) is 7.13. The van der Waals surface area contributed by atoms with Crippen molar-refractivity contribution >= 4 is 17.5 Å². The van der Waals surface area contributed by atoms with Gasteiger partial charge in [0.05, 0.1) is 18.8 Å². The summed E-state index contributed by atoms with van der Waals surface area (Å²) >= 11 is 5.87. The predicted molar refractivity (Wildman–Crippen MR) is 83.4 cm³/mol. The average Bonchev–Trinajstić information content (AvgIpc) is 2.87. The molecule has 0 spiro atoms. The molecule has 0 fully saturated rings. The molecule has 0 aliphatic heterocycles. The summed E-state index contributed by atoms with van der Waals surface area (Å²) < 4.78 is 10.5. The summed E-state index contributed by atoms with van der Waals surface area (Å²) in [6, 6.07) is 6.56. The first-order chi connectivity index (χ1) is 10.5. The van der Waals surface area contributed by atoms with E-state index in [1.807, 2.05) is 19.1 Å².